The maximum Gasteiger partial charge on any atom is 0.431 e. The molecule has 0 aliphatic rings. The van der Waals surface area contributed by atoms with Gasteiger partial charge in [-0.05, 0) is 12.8 Å². The molecule has 0 aromatic carbocycles. The Labute approximate surface area is 98.5 Å². The molecule has 0 aliphatic carbocycles. The molecule has 0 aromatic rings. The van der Waals surface area contributed by atoms with E-state index in [1.807, 2.05) is 0 Å². The molecule has 4 nitrogen and oxygen atoms in total. The van der Waals surface area contributed by atoms with Crippen LogP contribution in [0.4, 0.5) is 0 Å². The standard InChI is InChI=1S/C11H22NO3P/c1-3-5-7-9-14-16(13,11-12)15-10-8-6-4-2/h3-10H2,1-2H3. The second kappa shape index (κ2) is 9.84. The fourth-order valence-electron chi connectivity index (χ4n) is 1.17. The summed E-state index contributed by atoms with van der Waals surface area (Å²) in [5.74, 6) is 1.64. The van der Waals surface area contributed by atoms with E-state index in [-0.39, 0.29) is 0 Å². The van der Waals surface area contributed by atoms with Gasteiger partial charge in [0.25, 0.3) is 0 Å². The molecular formula is C11H22NO3P. The van der Waals surface area contributed by atoms with Crippen molar-refractivity contribution in [2.24, 2.45) is 0 Å². The highest BCUT2D eigenvalue weighted by Gasteiger charge is 2.23. The second-order valence-electron chi connectivity index (χ2n) is 3.68. The predicted molar refractivity (Wildman–Crippen MR) is 64.2 cm³/mol. The quantitative estimate of drug-likeness (QED) is 0.431. The summed E-state index contributed by atoms with van der Waals surface area (Å²) in [6.07, 6.45) is 5.80. The number of hydrogen-bond acceptors (Lipinski definition) is 4. The van der Waals surface area contributed by atoms with Crippen LogP contribution in [0.3, 0.4) is 0 Å². The Morgan fingerprint density at radius 3 is 1.75 bits per heavy atom. The van der Waals surface area contributed by atoms with Gasteiger partial charge in [0.2, 0.25) is 0 Å². The van der Waals surface area contributed by atoms with E-state index in [9.17, 15) is 4.57 Å². The third kappa shape index (κ3) is 7.87. The first-order valence-corrected chi connectivity index (χ1v) is 7.53. The van der Waals surface area contributed by atoms with E-state index >= 15 is 0 Å². The zero-order valence-corrected chi connectivity index (χ0v) is 11.2. The van der Waals surface area contributed by atoms with Gasteiger partial charge in [-0.25, -0.2) is 4.57 Å². The van der Waals surface area contributed by atoms with Crippen molar-refractivity contribution < 1.29 is 13.6 Å². The molecule has 5 heteroatoms. The lowest BCUT2D eigenvalue weighted by atomic mass is 10.3. The first-order valence-electron chi connectivity index (χ1n) is 5.99. The van der Waals surface area contributed by atoms with Gasteiger partial charge in [-0.15, -0.1) is 0 Å². The summed E-state index contributed by atoms with van der Waals surface area (Å²) in [6, 6.07) is 0. The van der Waals surface area contributed by atoms with Crippen LogP contribution in [0.5, 0.6) is 0 Å². The van der Waals surface area contributed by atoms with Gasteiger partial charge in [0, 0.05) is 0 Å². The van der Waals surface area contributed by atoms with E-state index < -0.39 is 7.60 Å². The van der Waals surface area contributed by atoms with Crippen LogP contribution in [0.2, 0.25) is 0 Å². The summed E-state index contributed by atoms with van der Waals surface area (Å²) >= 11 is 0. The number of unbranched alkanes of at least 4 members (excludes halogenated alkanes) is 4. The van der Waals surface area contributed by atoms with Crippen molar-refractivity contribution in [2.45, 2.75) is 52.4 Å². The summed E-state index contributed by atoms with van der Waals surface area (Å²) in [6.45, 7) is 4.83. The van der Waals surface area contributed by atoms with Gasteiger partial charge >= 0.3 is 7.60 Å². The van der Waals surface area contributed by atoms with E-state index in [0.717, 1.165) is 38.5 Å². The molecular weight excluding hydrogens is 225 g/mol. The van der Waals surface area contributed by atoms with E-state index in [4.69, 9.17) is 14.3 Å². The van der Waals surface area contributed by atoms with Gasteiger partial charge < -0.3 is 0 Å². The lowest BCUT2D eigenvalue weighted by Gasteiger charge is -2.11. The van der Waals surface area contributed by atoms with Crippen molar-refractivity contribution in [3.8, 4) is 5.81 Å². The smallest absolute Gasteiger partial charge is 0.298 e. The normalized spacial score (nSPS) is 11.3. The Kier molecular flexibility index (Phi) is 9.62. The molecule has 0 aromatic heterocycles. The topological polar surface area (TPSA) is 59.3 Å². The van der Waals surface area contributed by atoms with Gasteiger partial charge in [-0.2, -0.15) is 5.26 Å². The van der Waals surface area contributed by atoms with Gasteiger partial charge in [-0.1, -0.05) is 39.5 Å². The molecule has 0 bridgehead atoms. The fraction of sp³-hybridized carbons (Fsp3) is 0.909. The highest BCUT2D eigenvalue weighted by atomic mass is 31.2. The first kappa shape index (κ1) is 15.6. The molecule has 0 N–H and O–H groups in total. The van der Waals surface area contributed by atoms with E-state index in [1.165, 1.54) is 0 Å². The number of nitrogens with zero attached hydrogens (tertiary/aromatic N) is 1. The maximum atomic E-state index is 11.7. The fourth-order valence-corrected chi connectivity index (χ4v) is 2.10. The van der Waals surface area contributed by atoms with Crippen molar-refractivity contribution in [1.29, 1.82) is 5.26 Å². The second-order valence-corrected chi connectivity index (χ2v) is 5.39. The molecule has 0 rings (SSSR count). The third-order valence-corrected chi connectivity index (χ3v) is 3.43. The van der Waals surface area contributed by atoms with Crippen LogP contribution in [0.25, 0.3) is 0 Å². The summed E-state index contributed by atoms with van der Waals surface area (Å²) in [5.41, 5.74) is 0. The molecule has 0 aliphatic heterocycles. The highest BCUT2D eigenvalue weighted by Crippen LogP contribution is 2.46. The van der Waals surface area contributed by atoms with Crippen LogP contribution >= 0.6 is 7.60 Å². The van der Waals surface area contributed by atoms with Crippen molar-refractivity contribution in [2.75, 3.05) is 13.2 Å². The minimum atomic E-state index is -3.48. The van der Waals surface area contributed by atoms with Gasteiger partial charge in [0.05, 0.1) is 13.2 Å². The van der Waals surface area contributed by atoms with Crippen LogP contribution in [-0.2, 0) is 13.6 Å². The zero-order chi connectivity index (χ0) is 12.3. The lowest BCUT2D eigenvalue weighted by molar-refractivity contribution is 0.207. The number of nitriles is 1. The van der Waals surface area contributed by atoms with Crippen molar-refractivity contribution >= 4 is 7.60 Å². The van der Waals surface area contributed by atoms with Gasteiger partial charge in [-0.3, -0.25) is 9.05 Å². The van der Waals surface area contributed by atoms with Crippen LogP contribution < -0.4 is 0 Å². The Hall–Kier alpha value is -0.360. The summed E-state index contributed by atoms with van der Waals surface area (Å²) in [7, 11) is -3.48. The van der Waals surface area contributed by atoms with Crippen LogP contribution in [-0.4, -0.2) is 13.2 Å². The Bertz CT molecular complexity index is 234. The molecule has 94 valence electrons. The zero-order valence-electron chi connectivity index (χ0n) is 10.3. The summed E-state index contributed by atoms with van der Waals surface area (Å²) in [5, 5.41) is 8.74. The molecule has 0 atom stereocenters. The molecule has 0 saturated carbocycles. The SMILES string of the molecule is CCCCCOP(=O)(C#N)OCCCCC. The van der Waals surface area contributed by atoms with Gasteiger partial charge in [0.15, 0.2) is 5.81 Å². The average molecular weight is 247 g/mol. The predicted octanol–water partition coefficient (Wildman–Crippen LogP) is 4.07. The molecule has 0 amide bonds. The summed E-state index contributed by atoms with van der Waals surface area (Å²) in [4.78, 5) is 0. The van der Waals surface area contributed by atoms with E-state index in [0.29, 0.717) is 13.2 Å². The van der Waals surface area contributed by atoms with Gasteiger partial charge in [0.1, 0.15) is 0 Å². The number of rotatable bonds is 10. The van der Waals surface area contributed by atoms with Crippen LogP contribution in [0.1, 0.15) is 52.4 Å². The molecule has 16 heavy (non-hydrogen) atoms. The molecule has 0 spiro atoms. The Morgan fingerprint density at radius 2 is 1.44 bits per heavy atom. The van der Waals surface area contributed by atoms with Crippen molar-refractivity contribution in [3.05, 3.63) is 0 Å². The molecule has 0 heterocycles. The van der Waals surface area contributed by atoms with E-state index in [2.05, 4.69) is 13.8 Å². The Balaban J connectivity index is 3.75. The highest BCUT2D eigenvalue weighted by molar-refractivity contribution is 7.59. The minimum Gasteiger partial charge on any atom is -0.298 e. The van der Waals surface area contributed by atoms with Crippen molar-refractivity contribution in [1.82, 2.24) is 0 Å². The van der Waals surface area contributed by atoms with Crippen LogP contribution in [0, 0.1) is 11.1 Å². The average Bonchev–Trinajstić information content (AvgIpc) is 2.31. The molecule has 0 saturated heterocycles. The summed E-state index contributed by atoms with van der Waals surface area (Å²) < 4.78 is 21.8. The largest absolute Gasteiger partial charge is 0.431 e. The molecule has 0 radical (unpaired) electrons. The third-order valence-electron chi connectivity index (χ3n) is 2.14. The monoisotopic (exact) mass is 247 g/mol. The lowest BCUT2D eigenvalue weighted by Crippen LogP contribution is -1.98. The Morgan fingerprint density at radius 1 is 1.00 bits per heavy atom. The minimum absolute atomic E-state index is 0.340. The number of hydrogen-bond donors (Lipinski definition) is 0. The maximum absolute atomic E-state index is 11.7. The van der Waals surface area contributed by atoms with E-state index in [1.54, 1.807) is 5.81 Å². The van der Waals surface area contributed by atoms with Crippen LogP contribution in [0.15, 0.2) is 0 Å². The molecule has 0 fully saturated rings. The van der Waals surface area contributed by atoms with Crippen molar-refractivity contribution in [3.63, 3.8) is 0 Å². The molecule has 0 unspecified atom stereocenters. The first-order chi connectivity index (χ1) is 7.68.